The lowest BCUT2D eigenvalue weighted by molar-refractivity contribution is 0.135. The number of methoxy groups -OCH3 is 1. The first-order valence-corrected chi connectivity index (χ1v) is 6.07. The average molecular weight is 246 g/mol. The Balaban J connectivity index is 2.56. The highest BCUT2D eigenvalue weighted by Gasteiger charge is 2.24. The van der Waals surface area contributed by atoms with E-state index >= 15 is 0 Å². The first-order chi connectivity index (χ1) is 8.60. The van der Waals surface area contributed by atoms with E-state index < -0.39 is 0 Å². The average Bonchev–Trinajstić information content (AvgIpc) is 2.39. The molecule has 0 aliphatic rings. The predicted octanol–water partition coefficient (Wildman–Crippen LogP) is 2.24. The van der Waals surface area contributed by atoms with Gasteiger partial charge in [-0.25, -0.2) is 4.98 Å². The number of aromatic nitrogens is 2. The van der Waals surface area contributed by atoms with Crippen LogP contribution in [0.3, 0.4) is 0 Å². The summed E-state index contributed by atoms with van der Waals surface area (Å²) in [5.41, 5.74) is 1.73. The van der Waals surface area contributed by atoms with E-state index in [2.05, 4.69) is 23.8 Å². The number of H-pyrrole nitrogens is 1. The van der Waals surface area contributed by atoms with Crippen molar-refractivity contribution in [3.05, 3.63) is 40.4 Å². The second-order valence-electron chi connectivity index (χ2n) is 4.81. The van der Waals surface area contributed by atoms with Gasteiger partial charge in [-0.2, -0.15) is 0 Å². The number of nitrogens with zero attached hydrogens (tertiary/aromatic N) is 1. The molecule has 0 fully saturated rings. The van der Waals surface area contributed by atoms with Crippen LogP contribution in [0.5, 0.6) is 0 Å². The van der Waals surface area contributed by atoms with Crippen LogP contribution in [-0.4, -0.2) is 23.7 Å². The molecule has 1 aromatic carbocycles. The summed E-state index contributed by atoms with van der Waals surface area (Å²) in [6, 6.07) is 5.80. The Kier molecular flexibility index (Phi) is 3.48. The van der Waals surface area contributed by atoms with Gasteiger partial charge in [0, 0.05) is 12.5 Å². The zero-order valence-corrected chi connectivity index (χ0v) is 11.0. The summed E-state index contributed by atoms with van der Waals surface area (Å²) in [7, 11) is 1.71. The number of ether oxygens (including phenoxy) is 1. The molecule has 4 nitrogen and oxygen atoms in total. The Labute approximate surface area is 106 Å². The molecule has 96 valence electrons. The van der Waals surface area contributed by atoms with E-state index in [1.807, 2.05) is 18.2 Å². The molecule has 1 aromatic heterocycles. The Morgan fingerprint density at radius 3 is 2.89 bits per heavy atom. The molecule has 1 N–H and O–H groups in total. The summed E-state index contributed by atoms with van der Waals surface area (Å²) in [6.07, 6.45) is 2.41. The Hall–Kier alpha value is -1.68. The van der Waals surface area contributed by atoms with Gasteiger partial charge in [0.05, 0.1) is 23.8 Å². The third-order valence-corrected chi connectivity index (χ3v) is 3.58. The van der Waals surface area contributed by atoms with Crippen molar-refractivity contribution in [3.63, 3.8) is 0 Å². The summed E-state index contributed by atoms with van der Waals surface area (Å²) in [5.74, 6) is 0. The number of rotatable bonds is 4. The number of hydrogen-bond donors (Lipinski definition) is 1. The van der Waals surface area contributed by atoms with Crippen LogP contribution < -0.4 is 5.56 Å². The fraction of sp³-hybridized carbons (Fsp3) is 0.429. The van der Waals surface area contributed by atoms with Gasteiger partial charge in [-0.3, -0.25) is 4.79 Å². The van der Waals surface area contributed by atoms with Crippen molar-refractivity contribution in [1.82, 2.24) is 9.97 Å². The van der Waals surface area contributed by atoms with Crippen molar-refractivity contribution in [1.29, 1.82) is 0 Å². The van der Waals surface area contributed by atoms with E-state index in [-0.39, 0.29) is 11.0 Å². The van der Waals surface area contributed by atoms with Crippen molar-refractivity contribution in [3.8, 4) is 0 Å². The highest BCUT2D eigenvalue weighted by molar-refractivity contribution is 5.78. The van der Waals surface area contributed by atoms with Gasteiger partial charge in [0.25, 0.3) is 5.56 Å². The van der Waals surface area contributed by atoms with Gasteiger partial charge in [-0.15, -0.1) is 0 Å². The molecule has 0 saturated carbocycles. The summed E-state index contributed by atoms with van der Waals surface area (Å²) in [5, 5.41) is 0.622. The zero-order valence-electron chi connectivity index (χ0n) is 11.0. The number of fused-ring (bicyclic) bond motifs is 1. The van der Waals surface area contributed by atoms with Crippen LogP contribution in [0.25, 0.3) is 10.9 Å². The van der Waals surface area contributed by atoms with Crippen LogP contribution in [0.2, 0.25) is 0 Å². The molecule has 0 aliphatic carbocycles. The molecule has 2 rings (SSSR count). The van der Waals surface area contributed by atoms with E-state index in [4.69, 9.17) is 4.74 Å². The summed E-state index contributed by atoms with van der Waals surface area (Å²) >= 11 is 0. The highest BCUT2D eigenvalue weighted by atomic mass is 16.5. The second-order valence-corrected chi connectivity index (χ2v) is 4.81. The van der Waals surface area contributed by atoms with E-state index in [1.165, 1.54) is 6.33 Å². The van der Waals surface area contributed by atoms with Crippen molar-refractivity contribution in [2.75, 3.05) is 13.7 Å². The summed E-state index contributed by atoms with van der Waals surface area (Å²) < 4.78 is 5.30. The number of hydrogen-bond acceptors (Lipinski definition) is 3. The maximum Gasteiger partial charge on any atom is 0.258 e. The number of benzene rings is 1. The maximum absolute atomic E-state index is 11.6. The first-order valence-electron chi connectivity index (χ1n) is 6.07. The third kappa shape index (κ3) is 2.16. The molecule has 0 amide bonds. The molecule has 0 radical (unpaired) electrons. The van der Waals surface area contributed by atoms with Gasteiger partial charge in [0.15, 0.2) is 0 Å². The normalized spacial score (nSPS) is 14.6. The lowest BCUT2D eigenvalue weighted by atomic mass is 9.80. The molecule has 0 bridgehead atoms. The van der Waals surface area contributed by atoms with Crippen molar-refractivity contribution in [2.45, 2.75) is 25.7 Å². The molecule has 0 saturated heterocycles. The van der Waals surface area contributed by atoms with E-state index in [0.717, 1.165) is 17.5 Å². The van der Waals surface area contributed by atoms with Crippen LogP contribution in [0, 0.1) is 0 Å². The molecule has 1 unspecified atom stereocenters. The van der Waals surface area contributed by atoms with Gasteiger partial charge >= 0.3 is 0 Å². The minimum atomic E-state index is -0.100. The van der Waals surface area contributed by atoms with Crippen LogP contribution >= 0.6 is 0 Å². The van der Waals surface area contributed by atoms with Crippen LogP contribution in [0.15, 0.2) is 29.3 Å². The second kappa shape index (κ2) is 4.90. The molecule has 1 atom stereocenters. The monoisotopic (exact) mass is 246 g/mol. The summed E-state index contributed by atoms with van der Waals surface area (Å²) in [6.45, 7) is 4.94. The molecular formula is C14H18N2O2. The SMILES string of the molecule is CCC(C)(COC)c1ccc2c(=O)[nH]cnc2c1. The number of aromatic amines is 1. The highest BCUT2D eigenvalue weighted by Crippen LogP contribution is 2.29. The van der Waals surface area contributed by atoms with Gasteiger partial charge in [0.2, 0.25) is 0 Å². The molecule has 4 heteroatoms. The molecule has 18 heavy (non-hydrogen) atoms. The van der Waals surface area contributed by atoms with E-state index in [0.29, 0.717) is 12.0 Å². The van der Waals surface area contributed by atoms with Crippen molar-refractivity contribution >= 4 is 10.9 Å². The van der Waals surface area contributed by atoms with E-state index in [9.17, 15) is 4.79 Å². The summed E-state index contributed by atoms with van der Waals surface area (Å²) in [4.78, 5) is 18.4. The van der Waals surface area contributed by atoms with E-state index in [1.54, 1.807) is 7.11 Å². The van der Waals surface area contributed by atoms with Gasteiger partial charge < -0.3 is 9.72 Å². The largest absolute Gasteiger partial charge is 0.384 e. The van der Waals surface area contributed by atoms with Crippen molar-refractivity contribution in [2.24, 2.45) is 0 Å². The van der Waals surface area contributed by atoms with Crippen molar-refractivity contribution < 1.29 is 4.74 Å². The standard InChI is InChI=1S/C14H18N2O2/c1-4-14(2,8-18-3)10-5-6-11-12(7-10)15-9-16-13(11)17/h5-7,9H,4,8H2,1-3H3,(H,15,16,17). The van der Waals surface area contributed by atoms with Crippen LogP contribution in [-0.2, 0) is 10.2 Å². The molecular weight excluding hydrogens is 228 g/mol. The van der Waals surface area contributed by atoms with Gasteiger partial charge in [0.1, 0.15) is 0 Å². The fourth-order valence-corrected chi connectivity index (χ4v) is 2.15. The van der Waals surface area contributed by atoms with Gasteiger partial charge in [-0.05, 0) is 24.1 Å². The Morgan fingerprint density at radius 2 is 2.22 bits per heavy atom. The minimum absolute atomic E-state index is 0.0484. The smallest absolute Gasteiger partial charge is 0.258 e. The Morgan fingerprint density at radius 1 is 1.44 bits per heavy atom. The lowest BCUT2D eigenvalue weighted by Crippen LogP contribution is -2.27. The van der Waals surface area contributed by atoms with Gasteiger partial charge in [-0.1, -0.05) is 19.9 Å². The molecule has 2 aromatic rings. The topological polar surface area (TPSA) is 55.0 Å². The predicted molar refractivity (Wildman–Crippen MR) is 71.9 cm³/mol. The van der Waals surface area contributed by atoms with Crippen LogP contribution in [0.1, 0.15) is 25.8 Å². The Bertz CT molecular complexity index is 606. The molecule has 0 aliphatic heterocycles. The number of nitrogens with one attached hydrogen (secondary N) is 1. The lowest BCUT2D eigenvalue weighted by Gasteiger charge is -2.28. The molecule has 1 heterocycles. The maximum atomic E-state index is 11.6. The minimum Gasteiger partial charge on any atom is -0.384 e. The zero-order chi connectivity index (χ0) is 13.2. The van der Waals surface area contributed by atoms with Crippen LogP contribution in [0.4, 0.5) is 0 Å². The fourth-order valence-electron chi connectivity index (χ4n) is 2.15. The molecule has 0 spiro atoms. The quantitative estimate of drug-likeness (QED) is 0.900. The first kappa shape index (κ1) is 12.8. The third-order valence-electron chi connectivity index (χ3n) is 3.58.